The zero-order chi connectivity index (χ0) is 29.0. The van der Waals surface area contributed by atoms with Crippen LogP contribution in [0.25, 0.3) is 0 Å². The van der Waals surface area contributed by atoms with Gasteiger partial charge in [-0.15, -0.1) is 0 Å². The summed E-state index contributed by atoms with van der Waals surface area (Å²) in [6, 6.07) is 36.0. The maximum Gasteiger partial charge on any atom is 0.0314 e. The van der Waals surface area contributed by atoms with Gasteiger partial charge in [0, 0.05) is 29.1 Å². The van der Waals surface area contributed by atoms with E-state index in [1.165, 1.54) is 78.3 Å². The third-order valence-electron chi connectivity index (χ3n) is 8.70. The topological polar surface area (TPSA) is 52.0 Å². The van der Waals surface area contributed by atoms with Gasteiger partial charge in [0.25, 0.3) is 0 Å². The van der Waals surface area contributed by atoms with Gasteiger partial charge in [-0.2, -0.15) is 0 Å². The molecule has 0 bridgehead atoms. The summed E-state index contributed by atoms with van der Waals surface area (Å²) in [5.74, 6) is 1.23. The van der Waals surface area contributed by atoms with E-state index in [2.05, 4.69) is 93.6 Å². The lowest BCUT2D eigenvalue weighted by atomic mass is 9.82. The summed E-state index contributed by atoms with van der Waals surface area (Å²) in [6.45, 7) is 6.84. The first-order valence-corrected chi connectivity index (χ1v) is 15.9. The highest BCUT2D eigenvalue weighted by atomic mass is 14.5. The molecule has 0 radical (unpaired) electrons. The number of nitrogen functional groups attached to an aromatic ring is 2. The van der Waals surface area contributed by atoms with Gasteiger partial charge in [0.15, 0.2) is 0 Å². The molecular weight excluding hydrogens is 496 g/mol. The first-order chi connectivity index (χ1) is 20.0. The van der Waals surface area contributed by atoms with E-state index in [4.69, 9.17) is 11.5 Å². The van der Waals surface area contributed by atoms with Crippen molar-refractivity contribution in [3.8, 4) is 0 Å². The van der Waals surface area contributed by atoms with Crippen LogP contribution in [-0.4, -0.2) is 0 Å². The molecular formula is C39H50N2. The molecule has 4 N–H and O–H groups in total. The fourth-order valence-electron chi connectivity index (χ4n) is 6.18. The van der Waals surface area contributed by atoms with Crippen LogP contribution >= 0.6 is 0 Å². The van der Waals surface area contributed by atoms with Gasteiger partial charge in [0.1, 0.15) is 0 Å². The Labute approximate surface area is 249 Å². The Morgan fingerprint density at radius 1 is 0.366 bits per heavy atom. The van der Waals surface area contributed by atoms with Gasteiger partial charge < -0.3 is 11.5 Å². The number of unbranched alkanes of at least 4 members (excludes halogenated alkanes) is 3. The van der Waals surface area contributed by atoms with E-state index in [9.17, 15) is 0 Å². The quantitative estimate of drug-likeness (QED) is 0.146. The minimum atomic E-state index is 0.409. The van der Waals surface area contributed by atoms with Crippen LogP contribution in [0.3, 0.4) is 0 Å². The fraction of sp³-hybridized carbons (Fsp3) is 0.385. The molecule has 0 aliphatic heterocycles. The summed E-state index contributed by atoms with van der Waals surface area (Å²) < 4.78 is 0. The highest BCUT2D eigenvalue weighted by molar-refractivity contribution is 5.45. The molecule has 4 aromatic carbocycles. The van der Waals surface area contributed by atoms with Crippen molar-refractivity contribution in [1.29, 1.82) is 0 Å². The minimum absolute atomic E-state index is 0.409. The summed E-state index contributed by atoms with van der Waals surface area (Å²) in [5, 5.41) is 0. The number of hydrogen-bond donors (Lipinski definition) is 2. The molecule has 0 heterocycles. The molecule has 0 aromatic heterocycles. The van der Waals surface area contributed by atoms with Crippen LogP contribution < -0.4 is 11.5 Å². The summed E-state index contributed by atoms with van der Waals surface area (Å²) >= 11 is 0. The van der Waals surface area contributed by atoms with E-state index >= 15 is 0 Å². The smallest absolute Gasteiger partial charge is 0.0314 e. The number of hydrogen-bond acceptors (Lipinski definition) is 2. The Kier molecular flexibility index (Phi) is 11.5. The standard InChI is InChI=1S/C39H50N2/c1-4-7-10-37(29-13-17-31(18-14-29)38(11-8-5-2)33-21-25-35(40)26-22-33)30-15-19-32(20-16-30)39(12-9-6-3)34-23-27-36(41)28-24-34/h13-28,37-39H,4-12,40-41H2,1-3H3. The molecule has 0 amide bonds. The van der Waals surface area contributed by atoms with Crippen LogP contribution in [0.15, 0.2) is 97.1 Å². The van der Waals surface area contributed by atoms with E-state index in [1.54, 1.807) is 0 Å². The zero-order valence-corrected chi connectivity index (χ0v) is 25.5. The van der Waals surface area contributed by atoms with Gasteiger partial charge in [0.2, 0.25) is 0 Å². The molecule has 0 saturated carbocycles. The van der Waals surface area contributed by atoms with Crippen LogP contribution in [0.4, 0.5) is 11.4 Å². The van der Waals surface area contributed by atoms with Crippen molar-refractivity contribution >= 4 is 11.4 Å². The molecule has 4 rings (SSSR count). The van der Waals surface area contributed by atoms with Crippen molar-refractivity contribution in [3.05, 3.63) is 130 Å². The van der Waals surface area contributed by atoms with Crippen molar-refractivity contribution < 1.29 is 0 Å². The predicted molar refractivity (Wildman–Crippen MR) is 179 cm³/mol. The summed E-state index contributed by atoms with van der Waals surface area (Å²) in [5.41, 5.74) is 22.0. The lowest BCUT2D eigenvalue weighted by Gasteiger charge is -2.23. The van der Waals surface area contributed by atoms with Crippen LogP contribution in [-0.2, 0) is 0 Å². The Hall–Kier alpha value is -3.52. The van der Waals surface area contributed by atoms with E-state index in [-0.39, 0.29) is 0 Å². The molecule has 216 valence electrons. The number of anilines is 2. The van der Waals surface area contributed by atoms with Gasteiger partial charge in [-0.25, -0.2) is 0 Å². The van der Waals surface area contributed by atoms with E-state index in [1.807, 2.05) is 24.3 Å². The molecule has 0 fully saturated rings. The SMILES string of the molecule is CCCCC(c1ccc(N)cc1)c1ccc(C(CCCC)c2ccc(C(CCCC)c3ccc(N)cc3)cc2)cc1. The normalized spacial score (nSPS) is 13.5. The van der Waals surface area contributed by atoms with Gasteiger partial charge >= 0.3 is 0 Å². The Morgan fingerprint density at radius 2 is 0.561 bits per heavy atom. The van der Waals surface area contributed by atoms with Crippen LogP contribution in [0.5, 0.6) is 0 Å². The zero-order valence-electron chi connectivity index (χ0n) is 25.5. The van der Waals surface area contributed by atoms with Crippen LogP contribution in [0.1, 0.15) is 130 Å². The molecule has 0 aliphatic rings. The first-order valence-electron chi connectivity index (χ1n) is 15.9. The molecule has 41 heavy (non-hydrogen) atoms. The summed E-state index contributed by atoms with van der Waals surface area (Å²) in [6.07, 6.45) is 10.8. The fourth-order valence-corrected chi connectivity index (χ4v) is 6.18. The van der Waals surface area contributed by atoms with Crippen molar-refractivity contribution in [2.24, 2.45) is 0 Å². The van der Waals surface area contributed by atoms with Crippen molar-refractivity contribution in [3.63, 3.8) is 0 Å². The van der Waals surface area contributed by atoms with Crippen molar-refractivity contribution in [1.82, 2.24) is 0 Å². The third-order valence-corrected chi connectivity index (χ3v) is 8.70. The van der Waals surface area contributed by atoms with Gasteiger partial charge in [-0.3, -0.25) is 0 Å². The Morgan fingerprint density at radius 3 is 0.756 bits per heavy atom. The monoisotopic (exact) mass is 546 g/mol. The second kappa shape index (κ2) is 15.5. The molecule has 2 heteroatoms. The third kappa shape index (κ3) is 8.26. The largest absolute Gasteiger partial charge is 0.399 e. The number of nitrogens with two attached hydrogens (primary N) is 2. The average molecular weight is 547 g/mol. The summed E-state index contributed by atoms with van der Waals surface area (Å²) in [4.78, 5) is 0. The molecule has 0 spiro atoms. The van der Waals surface area contributed by atoms with E-state index in [0.29, 0.717) is 17.8 Å². The maximum absolute atomic E-state index is 5.99. The van der Waals surface area contributed by atoms with E-state index in [0.717, 1.165) is 24.2 Å². The Balaban J connectivity index is 1.59. The van der Waals surface area contributed by atoms with Crippen molar-refractivity contribution in [2.45, 2.75) is 96.3 Å². The molecule has 0 aliphatic carbocycles. The maximum atomic E-state index is 5.99. The lowest BCUT2D eigenvalue weighted by Crippen LogP contribution is -2.06. The highest BCUT2D eigenvalue weighted by Gasteiger charge is 2.19. The highest BCUT2D eigenvalue weighted by Crippen LogP contribution is 2.36. The number of benzene rings is 4. The van der Waals surface area contributed by atoms with E-state index < -0.39 is 0 Å². The molecule has 2 atom stereocenters. The lowest BCUT2D eigenvalue weighted by molar-refractivity contribution is 0.640. The molecule has 0 saturated heterocycles. The summed E-state index contributed by atoms with van der Waals surface area (Å²) in [7, 11) is 0. The van der Waals surface area contributed by atoms with Gasteiger partial charge in [-0.05, 0) is 76.9 Å². The van der Waals surface area contributed by atoms with Crippen LogP contribution in [0, 0.1) is 0 Å². The average Bonchev–Trinajstić information content (AvgIpc) is 3.00. The minimum Gasteiger partial charge on any atom is -0.399 e. The molecule has 2 unspecified atom stereocenters. The number of rotatable bonds is 15. The van der Waals surface area contributed by atoms with Gasteiger partial charge in [-0.1, -0.05) is 132 Å². The predicted octanol–water partition coefficient (Wildman–Crippen LogP) is 10.8. The van der Waals surface area contributed by atoms with Gasteiger partial charge in [0.05, 0.1) is 0 Å². The Bertz CT molecular complexity index is 1190. The molecule has 2 nitrogen and oxygen atoms in total. The second-order valence-electron chi connectivity index (χ2n) is 11.8. The van der Waals surface area contributed by atoms with Crippen molar-refractivity contribution in [2.75, 3.05) is 11.5 Å². The second-order valence-corrected chi connectivity index (χ2v) is 11.8. The first kappa shape index (κ1) is 30.4. The molecule has 4 aromatic rings. The van der Waals surface area contributed by atoms with Crippen LogP contribution in [0.2, 0.25) is 0 Å².